The zero-order valence-corrected chi connectivity index (χ0v) is 9.28. The molecule has 6 heteroatoms. The van der Waals surface area contributed by atoms with Crippen LogP contribution in [0.25, 0.3) is 11.3 Å². The molecule has 0 amide bonds. The second-order valence-corrected chi connectivity index (χ2v) is 3.91. The van der Waals surface area contributed by atoms with Crippen LogP contribution in [-0.4, -0.2) is 27.6 Å². The first-order valence-corrected chi connectivity index (χ1v) is 5.31. The topological polar surface area (TPSA) is 48.9 Å². The molecule has 18 heavy (non-hydrogen) atoms. The SMILES string of the molecule is OC(Cc1cc(-c2ccccc2)n[nH]1)C(F)(F)F. The Hall–Kier alpha value is -1.82. The van der Waals surface area contributed by atoms with Crippen molar-refractivity contribution in [2.75, 3.05) is 0 Å². The first-order valence-electron chi connectivity index (χ1n) is 5.31. The lowest BCUT2D eigenvalue weighted by Gasteiger charge is -2.12. The molecular weight excluding hydrogens is 245 g/mol. The molecule has 1 unspecified atom stereocenters. The second kappa shape index (κ2) is 4.81. The Kier molecular flexibility index (Phi) is 3.38. The summed E-state index contributed by atoms with van der Waals surface area (Å²) in [5, 5.41) is 15.4. The third-order valence-electron chi connectivity index (χ3n) is 2.49. The summed E-state index contributed by atoms with van der Waals surface area (Å²) in [6.07, 6.45) is -7.51. The van der Waals surface area contributed by atoms with Crippen LogP contribution in [-0.2, 0) is 6.42 Å². The van der Waals surface area contributed by atoms with Gasteiger partial charge in [-0.25, -0.2) is 0 Å². The van der Waals surface area contributed by atoms with E-state index in [1.54, 1.807) is 12.1 Å². The molecule has 1 heterocycles. The van der Waals surface area contributed by atoms with E-state index < -0.39 is 18.7 Å². The highest BCUT2D eigenvalue weighted by atomic mass is 19.4. The quantitative estimate of drug-likeness (QED) is 0.886. The third kappa shape index (κ3) is 2.89. The van der Waals surface area contributed by atoms with Crippen LogP contribution in [0.4, 0.5) is 13.2 Å². The molecule has 0 saturated carbocycles. The monoisotopic (exact) mass is 256 g/mol. The van der Waals surface area contributed by atoms with Crippen LogP contribution in [0.15, 0.2) is 36.4 Å². The minimum absolute atomic E-state index is 0.249. The van der Waals surface area contributed by atoms with Gasteiger partial charge in [-0.1, -0.05) is 30.3 Å². The largest absolute Gasteiger partial charge is 0.414 e. The van der Waals surface area contributed by atoms with Gasteiger partial charge in [-0.05, 0) is 6.07 Å². The van der Waals surface area contributed by atoms with E-state index in [1.165, 1.54) is 6.07 Å². The average molecular weight is 256 g/mol. The fraction of sp³-hybridized carbons (Fsp3) is 0.250. The van der Waals surface area contributed by atoms with Gasteiger partial charge in [0, 0.05) is 17.7 Å². The minimum Gasteiger partial charge on any atom is -0.383 e. The van der Waals surface area contributed by atoms with Crippen molar-refractivity contribution in [3.63, 3.8) is 0 Å². The van der Waals surface area contributed by atoms with Crippen LogP contribution in [0, 0.1) is 0 Å². The number of aromatic nitrogens is 2. The van der Waals surface area contributed by atoms with Crippen molar-refractivity contribution >= 4 is 0 Å². The first-order chi connectivity index (χ1) is 8.47. The number of benzene rings is 1. The van der Waals surface area contributed by atoms with Crippen molar-refractivity contribution in [3.8, 4) is 11.3 Å². The molecule has 1 aromatic heterocycles. The van der Waals surface area contributed by atoms with Gasteiger partial charge in [0.2, 0.25) is 0 Å². The van der Waals surface area contributed by atoms with Crippen molar-refractivity contribution in [2.24, 2.45) is 0 Å². The van der Waals surface area contributed by atoms with E-state index in [0.29, 0.717) is 5.69 Å². The molecule has 1 atom stereocenters. The number of alkyl halides is 3. The van der Waals surface area contributed by atoms with Gasteiger partial charge in [0.15, 0.2) is 6.10 Å². The number of aromatic amines is 1. The van der Waals surface area contributed by atoms with Crippen molar-refractivity contribution in [1.82, 2.24) is 10.2 Å². The smallest absolute Gasteiger partial charge is 0.383 e. The number of aliphatic hydroxyl groups is 1. The molecule has 0 radical (unpaired) electrons. The zero-order valence-electron chi connectivity index (χ0n) is 9.28. The molecule has 0 spiro atoms. The van der Waals surface area contributed by atoms with E-state index >= 15 is 0 Å². The Morgan fingerprint density at radius 1 is 1.22 bits per heavy atom. The minimum atomic E-state index is -4.61. The maximum Gasteiger partial charge on any atom is 0.414 e. The first kappa shape index (κ1) is 12.6. The van der Waals surface area contributed by atoms with E-state index in [-0.39, 0.29) is 5.69 Å². The summed E-state index contributed by atoms with van der Waals surface area (Å²) >= 11 is 0. The zero-order chi connectivity index (χ0) is 13.2. The van der Waals surface area contributed by atoms with Gasteiger partial charge in [0.1, 0.15) is 0 Å². The number of H-pyrrole nitrogens is 1. The van der Waals surface area contributed by atoms with E-state index in [2.05, 4.69) is 10.2 Å². The highest BCUT2D eigenvalue weighted by Crippen LogP contribution is 2.24. The Bertz CT molecular complexity index is 508. The molecule has 0 aliphatic carbocycles. The number of hydrogen-bond acceptors (Lipinski definition) is 2. The summed E-state index contributed by atoms with van der Waals surface area (Å²) in [5.41, 5.74) is 1.61. The van der Waals surface area contributed by atoms with Crippen molar-refractivity contribution in [3.05, 3.63) is 42.1 Å². The Labute approximate surface area is 101 Å². The number of nitrogens with one attached hydrogen (secondary N) is 1. The predicted molar refractivity (Wildman–Crippen MR) is 59.8 cm³/mol. The molecule has 3 nitrogen and oxygen atoms in total. The molecule has 0 aliphatic rings. The second-order valence-electron chi connectivity index (χ2n) is 3.91. The van der Waals surface area contributed by atoms with Gasteiger partial charge < -0.3 is 5.11 Å². The molecule has 0 bridgehead atoms. The van der Waals surface area contributed by atoms with Crippen molar-refractivity contribution in [1.29, 1.82) is 0 Å². The number of hydrogen-bond donors (Lipinski definition) is 2. The molecule has 1 aromatic carbocycles. The van der Waals surface area contributed by atoms with Gasteiger partial charge in [0.05, 0.1) is 5.69 Å². The Balaban J connectivity index is 2.12. The van der Waals surface area contributed by atoms with Gasteiger partial charge >= 0.3 is 6.18 Å². The molecule has 2 N–H and O–H groups in total. The van der Waals surface area contributed by atoms with Gasteiger partial charge in [-0.2, -0.15) is 18.3 Å². The van der Waals surface area contributed by atoms with Crippen LogP contribution in [0.3, 0.4) is 0 Å². The average Bonchev–Trinajstić information content (AvgIpc) is 2.77. The van der Waals surface area contributed by atoms with Gasteiger partial charge in [0.25, 0.3) is 0 Å². The molecule has 96 valence electrons. The molecule has 0 fully saturated rings. The van der Waals surface area contributed by atoms with Crippen LogP contribution in [0.2, 0.25) is 0 Å². The number of halogens is 3. The molecule has 0 saturated heterocycles. The van der Waals surface area contributed by atoms with E-state index in [9.17, 15) is 13.2 Å². The van der Waals surface area contributed by atoms with Gasteiger partial charge in [-0.15, -0.1) is 0 Å². The standard InChI is InChI=1S/C12H11F3N2O/c13-12(14,15)11(18)7-9-6-10(17-16-9)8-4-2-1-3-5-8/h1-6,11,18H,7H2,(H,16,17). The van der Waals surface area contributed by atoms with E-state index in [1.807, 2.05) is 18.2 Å². The normalized spacial score (nSPS) is 13.6. The lowest BCUT2D eigenvalue weighted by atomic mass is 10.1. The third-order valence-corrected chi connectivity index (χ3v) is 2.49. The van der Waals surface area contributed by atoms with E-state index in [0.717, 1.165) is 5.56 Å². The van der Waals surface area contributed by atoms with Crippen LogP contribution in [0.5, 0.6) is 0 Å². The van der Waals surface area contributed by atoms with E-state index in [4.69, 9.17) is 5.11 Å². The highest BCUT2D eigenvalue weighted by molar-refractivity contribution is 5.58. The van der Waals surface area contributed by atoms with Crippen molar-refractivity contribution < 1.29 is 18.3 Å². The Morgan fingerprint density at radius 2 is 1.89 bits per heavy atom. The molecular formula is C12H11F3N2O. The lowest BCUT2D eigenvalue weighted by molar-refractivity contribution is -0.203. The summed E-state index contributed by atoms with van der Waals surface area (Å²) in [7, 11) is 0. The molecule has 2 aromatic rings. The number of aliphatic hydroxyl groups excluding tert-OH is 1. The van der Waals surface area contributed by atoms with Crippen LogP contribution >= 0.6 is 0 Å². The maximum absolute atomic E-state index is 12.2. The summed E-state index contributed by atoms with van der Waals surface area (Å²) in [4.78, 5) is 0. The Morgan fingerprint density at radius 3 is 2.50 bits per heavy atom. The highest BCUT2D eigenvalue weighted by Gasteiger charge is 2.38. The number of rotatable bonds is 3. The molecule has 0 aliphatic heterocycles. The fourth-order valence-electron chi connectivity index (χ4n) is 1.55. The predicted octanol–water partition coefficient (Wildman–Crippen LogP) is 2.54. The van der Waals surface area contributed by atoms with Crippen LogP contribution < -0.4 is 0 Å². The van der Waals surface area contributed by atoms with Crippen molar-refractivity contribution in [2.45, 2.75) is 18.7 Å². The van der Waals surface area contributed by atoms with Crippen LogP contribution in [0.1, 0.15) is 5.69 Å². The summed E-state index contributed by atoms with van der Waals surface area (Å²) in [6.45, 7) is 0. The summed E-state index contributed by atoms with van der Waals surface area (Å²) in [5.74, 6) is 0. The summed E-state index contributed by atoms with van der Waals surface area (Å²) < 4.78 is 36.5. The summed E-state index contributed by atoms with van der Waals surface area (Å²) in [6, 6.07) is 10.6. The lowest BCUT2D eigenvalue weighted by Crippen LogP contribution is -2.30. The molecule has 2 rings (SSSR count). The number of nitrogens with zero attached hydrogens (tertiary/aromatic N) is 1. The maximum atomic E-state index is 12.2. The fourth-order valence-corrected chi connectivity index (χ4v) is 1.55. The van der Waals surface area contributed by atoms with Gasteiger partial charge in [-0.3, -0.25) is 5.10 Å².